The number of hydrogen-bond acceptors (Lipinski definition) is 6. The number of esters is 1. The van der Waals surface area contributed by atoms with Crippen molar-refractivity contribution < 1.29 is 27.3 Å². The highest BCUT2D eigenvalue weighted by Crippen LogP contribution is 2.33. The predicted molar refractivity (Wildman–Crippen MR) is 98.5 cm³/mol. The summed E-state index contributed by atoms with van der Waals surface area (Å²) in [4.78, 5) is 20.0. The quantitative estimate of drug-likeness (QED) is 0.423. The number of benzene rings is 1. The summed E-state index contributed by atoms with van der Waals surface area (Å²) >= 11 is -1.50. The van der Waals surface area contributed by atoms with Gasteiger partial charge in [-0.3, -0.25) is 0 Å². The number of ether oxygens (including phenoxy) is 1. The second kappa shape index (κ2) is 9.24. The zero-order valence-corrected chi connectivity index (χ0v) is 16.4. The van der Waals surface area contributed by atoms with Crippen molar-refractivity contribution in [3.8, 4) is 0 Å². The van der Waals surface area contributed by atoms with Crippen LogP contribution >= 0.6 is 0 Å². The number of anilines is 1. The van der Waals surface area contributed by atoms with Crippen molar-refractivity contribution in [1.29, 1.82) is 0 Å². The molecule has 0 aliphatic heterocycles. The van der Waals surface area contributed by atoms with Crippen LogP contribution in [0.25, 0.3) is 0 Å². The molecule has 0 aliphatic rings. The topological polar surface area (TPSA) is 87.2 Å². The molecule has 0 spiro atoms. The maximum absolute atomic E-state index is 13.2. The molecule has 1 heterocycles. The smallest absolute Gasteiger partial charge is 0.416 e. The van der Waals surface area contributed by atoms with Crippen molar-refractivity contribution in [3.05, 3.63) is 46.6 Å². The van der Waals surface area contributed by atoms with Gasteiger partial charge in [0.1, 0.15) is 17.6 Å². The Balaban J connectivity index is 2.32. The fourth-order valence-electron chi connectivity index (χ4n) is 2.49. The van der Waals surface area contributed by atoms with Gasteiger partial charge in [0.2, 0.25) is 0 Å². The maximum atomic E-state index is 13.2. The molecule has 0 amide bonds. The van der Waals surface area contributed by atoms with Crippen molar-refractivity contribution in [2.24, 2.45) is 0 Å². The van der Waals surface area contributed by atoms with Crippen molar-refractivity contribution in [3.63, 3.8) is 0 Å². The highest BCUT2D eigenvalue weighted by Gasteiger charge is 2.33. The van der Waals surface area contributed by atoms with E-state index >= 15 is 0 Å². The van der Waals surface area contributed by atoms with Crippen molar-refractivity contribution in [2.75, 3.05) is 18.2 Å². The molecule has 0 bridgehead atoms. The average Bonchev–Trinajstić information content (AvgIpc) is 2.65. The van der Waals surface area contributed by atoms with Crippen LogP contribution in [0.15, 0.2) is 29.6 Å². The summed E-state index contributed by atoms with van der Waals surface area (Å²) in [6, 6.07) is 4.07. The number of carbonyl (C=O) groups is 1. The molecule has 1 atom stereocenters. The maximum Gasteiger partial charge on any atom is 0.416 e. The van der Waals surface area contributed by atoms with Crippen LogP contribution < -0.4 is 5.32 Å². The van der Waals surface area contributed by atoms with E-state index in [2.05, 4.69) is 15.3 Å². The van der Waals surface area contributed by atoms with Crippen molar-refractivity contribution in [2.45, 2.75) is 38.1 Å². The summed E-state index contributed by atoms with van der Waals surface area (Å²) in [6.07, 6.45) is -1.64. The lowest BCUT2D eigenvalue weighted by atomic mass is 10.0. The van der Waals surface area contributed by atoms with E-state index in [9.17, 15) is 22.5 Å². The normalized spacial score (nSPS) is 12.5. The van der Waals surface area contributed by atoms with Crippen LogP contribution in [0.4, 0.5) is 19.0 Å². The number of nitrogens with zero attached hydrogens (tertiary/aromatic N) is 2. The lowest BCUT2D eigenvalue weighted by Gasteiger charge is -2.15. The summed E-state index contributed by atoms with van der Waals surface area (Å²) in [5, 5.41) is 2.82. The molecule has 0 aliphatic carbocycles. The van der Waals surface area contributed by atoms with Crippen LogP contribution in [0.1, 0.15) is 40.9 Å². The minimum atomic E-state index is -4.46. The standard InChI is InChI=1S/C18H20F3N3O3S/c1-4-12-7-6-11(8-14(12)18(19,20)21)9-22-15-13(16(25)27-5-2)10-23-17(24-15)28(3)26/h6-8,10H,4-5,9H2,1-3H3,(H,22,23,24). The van der Waals surface area contributed by atoms with E-state index in [-0.39, 0.29) is 41.7 Å². The fraction of sp³-hybridized carbons (Fsp3) is 0.389. The molecule has 2 rings (SSSR count). The summed E-state index contributed by atoms with van der Waals surface area (Å²) in [7, 11) is 0. The third kappa shape index (κ3) is 5.35. The molecule has 1 unspecified atom stereocenters. The van der Waals surface area contributed by atoms with Crippen LogP contribution in [0.2, 0.25) is 0 Å². The van der Waals surface area contributed by atoms with E-state index in [0.717, 1.165) is 6.07 Å². The first kappa shape index (κ1) is 22.0. The summed E-state index contributed by atoms with van der Waals surface area (Å²) < 4.78 is 56.3. The summed E-state index contributed by atoms with van der Waals surface area (Å²) in [6.45, 7) is 3.40. The second-order valence-corrected chi connectivity index (χ2v) is 7.06. The summed E-state index contributed by atoms with van der Waals surface area (Å²) in [5.41, 5.74) is -0.124. The first-order valence-electron chi connectivity index (χ1n) is 8.47. The van der Waals surface area contributed by atoms with E-state index in [1.54, 1.807) is 19.9 Å². The molecule has 1 aromatic heterocycles. The Morgan fingerprint density at radius 3 is 2.61 bits per heavy atom. The number of alkyl halides is 3. The Bertz CT molecular complexity index is 845. The largest absolute Gasteiger partial charge is 0.609 e. The van der Waals surface area contributed by atoms with Gasteiger partial charge in [-0.05, 0) is 30.5 Å². The first-order valence-corrected chi connectivity index (χ1v) is 10.0. The first-order chi connectivity index (χ1) is 13.2. The molecule has 0 saturated carbocycles. The molecule has 28 heavy (non-hydrogen) atoms. The Labute approximate surface area is 163 Å². The second-order valence-electron chi connectivity index (χ2n) is 5.79. The molecule has 0 saturated heterocycles. The van der Waals surface area contributed by atoms with Crippen LogP contribution in [0.5, 0.6) is 0 Å². The third-order valence-electron chi connectivity index (χ3n) is 3.84. The zero-order chi connectivity index (χ0) is 20.9. The molecule has 0 radical (unpaired) electrons. The Morgan fingerprint density at radius 2 is 2.04 bits per heavy atom. The van der Waals surface area contributed by atoms with Crippen LogP contribution in [0.3, 0.4) is 0 Å². The van der Waals surface area contributed by atoms with Gasteiger partial charge < -0.3 is 14.6 Å². The van der Waals surface area contributed by atoms with Gasteiger partial charge in [0.05, 0.1) is 18.4 Å². The molecule has 1 aromatic carbocycles. The highest BCUT2D eigenvalue weighted by molar-refractivity contribution is 7.90. The minimum absolute atomic E-state index is 0.00661. The van der Waals surface area contributed by atoms with Crippen LogP contribution in [-0.2, 0) is 35.1 Å². The van der Waals surface area contributed by atoms with Gasteiger partial charge in [-0.15, -0.1) is 0 Å². The van der Waals surface area contributed by atoms with Crippen LogP contribution in [0, 0.1) is 0 Å². The molecule has 10 heteroatoms. The van der Waals surface area contributed by atoms with Gasteiger partial charge in [0.15, 0.2) is 0 Å². The number of halogens is 3. The third-order valence-corrected chi connectivity index (χ3v) is 4.55. The SMILES string of the molecule is CCOC(=O)c1cnc([S+](C)[O-])nc1NCc1ccc(CC)c(C(F)(F)F)c1. The van der Waals surface area contributed by atoms with Gasteiger partial charge in [0, 0.05) is 17.7 Å². The predicted octanol–water partition coefficient (Wildman–Crippen LogP) is 3.58. The Morgan fingerprint density at radius 1 is 1.32 bits per heavy atom. The molecular weight excluding hydrogens is 395 g/mol. The van der Waals surface area contributed by atoms with E-state index in [0.29, 0.717) is 5.56 Å². The number of rotatable bonds is 7. The number of hydrogen-bond donors (Lipinski definition) is 1. The van der Waals surface area contributed by atoms with Gasteiger partial charge in [-0.2, -0.15) is 23.1 Å². The number of nitrogens with one attached hydrogen (secondary N) is 1. The van der Waals surface area contributed by atoms with Crippen LogP contribution in [-0.4, -0.2) is 33.4 Å². The van der Waals surface area contributed by atoms with Gasteiger partial charge in [-0.1, -0.05) is 19.1 Å². The average molecular weight is 415 g/mol. The minimum Gasteiger partial charge on any atom is -0.609 e. The zero-order valence-electron chi connectivity index (χ0n) is 15.6. The fourth-order valence-corrected chi connectivity index (χ4v) is 2.91. The molecule has 2 aromatic rings. The number of aromatic nitrogens is 2. The van der Waals surface area contributed by atoms with Crippen molar-refractivity contribution in [1.82, 2.24) is 9.97 Å². The van der Waals surface area contributed by atoms with E-state index in [4.69, 9.17) is 4.74 Å². The molecule has 152 valence electrons. The Kier molecular flexibility index (Phi) is 7.25. The lowest BCUT2D eigenvalue weighted by molar-refractivity contribution is -0.138. The monoisotopic (exact) mass is 415 g/mol. The molecule has 6 nitrogen and oxygen atoms in total. The number of aryl methyl sites for hydroxylation is 1. The lowest BCUT2D eigenvalue weighted by Crippen LogP contribution is -2.15. The van der Waals surface area contributed by atoms with Gasteiger partial charge in [-0.25, -0.2) is 4.79 Å². The van der Waals surface area contributed by atoms with Gasteiger partial charge >= 0.3 is 17.3 Å². The van der Waals surface area contributed by atoms with Crippen molar-refractivity contribution >= 4 is 23.0 Å². The molecule has 1 N–H and O–H groups in total. The van der Waals surface area contributed by atoms with E-state index < -0.39 is 28.9 Å². The Hall–Kier alpha value is -2.33. The van der Waals surface area contributed by atoms with E-state index in [1.165, 1.54) is 18.5 Å². The van der Waals surface area contributed by atoms with E-state index in [1.807, 2.05) is 0 Å². The number of carbonyl (C=O) groups excluding carboxylic acids is 1. The molecule has 0 fully saturated rings. The molecular formula is C18H20F3N3O3S. The van der Waals surface area contributed by atoms with Gasteiger partial charge in [0.25, 0.3) is 0 Å². The summed E-state index contributed by atoms with van der Waals surface area (Å²) in [5.74, 6) is -0.637. The highest BCUT2D eigenvalue weighted by atomic mass is 32.2.